The summed E-state index contributed by atoms with van der Waals surface area (Å²) in [5.41, 5.74) is 4.01. The molecule has 1 aromatic heterocycles. The quantitative estimate of drug-likeness (QED) is 0.119. The van der Waals surface area contributed by atoms with Crippen LogP contribution in [0.3, 0.4) is 0 Å². The first-order chi connectivity index (χ1) is 19.6. The minimum atomic E-state index is -4.01. The summed E-state index contributed by atoms with van der Waals surface area (Å²) >= 11 is 0. The van der Waals surface area contributed by atoms with Crippen molar-refractivity contribution >= 4 is 31.4 Å². The Bertz CT molecular complexity index is 1650. The van der Waals surface area contributed by atoms with E-state index in [1.807, 2.05) is 56.4 Å². The standard InChI is InChI=1S/C20H18N2O4S2.C12H10N.Au/c1-15-7-11-17(12-8-15)27(23,24)21-19-5-3-4-6-20(19)22-28(25,26)18-13-9-16(2)10-14-18;1-2-6-11(7-3-1)10-12-8-4-5-9-13-12;/h3-14H,1-2H3;1-6,8-9H,10H2;/q-2;-1;+3. The van der Waals surface area contributed by atoms with Crippen LogP contribution in [0.15, 0.2) is 131 Å². The van der Waals surface area contributed by atoms with E-state index in [-0.39, 0.29) is 43.5 Å². The third-order valence-electron chi connectivity index (χ3n) is 5.83. The van der Waals surface area contributed by atoms with Crippen LogP contribution in [0, 0.1) is 19.9 Å². The molecular formula is C32H28AuN3O4S2. The molecule has 218 valence electrons. The van der Waals surface area contributed by atoms with Gasteiger partial charge < -0.3 is 9.44 Å². The summed E-state index contributed by atoms with van der Waals surface area (Å²) in [7, 11) is -8.02. The molecule has 0 spiro atoms. The monoisotopic (exact) mass is 779 g/mol. The predicted octanol–water partition coefficient (Wildman–Crippen LogP) is 7.56. The molecule has 0 fully saturated rings. The smallest absolute Gasteiger partial charge is 0.574 e. The van der Waals surface area contributed by atoms with Crippen molar-refractivity contribution in [1.29, 1.82) is 0 Å². The van der Waals surface area contributed by atoms with Crippen LogP contribution >= 0.6 is 0 Å². The minimum absolute atomic E-state index is 0. The maximum atomic E-state index is 12.6. The fourth-order valence-corrected chi connectivity index (χ4v) is 5.64. The fraction of sp³-hybridized carbons (Fsp3) is 0.0938. The van der Waals surface area contributed by atoms with E-state index in [0.29, 0.717) is 0 Å². The van der Waals surface area contributed by atoms with Gasteiger partial charge in [-0.3, -0.25) is 4.98 Å². The normalized spacial score (nSPS) is 10.9. The van der Waals surface area contributed by atoms with E-state index >= 15 is 0 Å². The van der Waals surface area contributed by atoms with Gasteiger partial charge in [-0.15, -0.1) is 11.4 Å². The summed E-state index contributed by atoms with van der Waals surface area (Å²) in [6, 6.07) is 35.6. The van der Waals surface area contributed by atoms with Gasteiger partial charge in [0.05, 0.1) is 9.79 Å². The molecule has 0 radical (unpaired) electrons. The first kappa shape index (κ1) is 32.8. The largest absolute Gasteiger partial charge is 3.00 e. The van der Waals surface area contributed by atoms with Crippen LogP contribution < -0.4 is 0 Å². The second-order valence-electron chi connectivity index (χ2n) is 9.13. The second kappa shape index (κ2) is 14.9. The summed E-state index contributed by atoms with van der Waals surface area (Å²) in [5.74, 6) is 0. The van der Waals surface area contributed by atoms with Gasteiger partial charge >= 0.3 is 22.4 Å². The molecule has 1 heterocycles. The van der Waals surface area contributed by atoms with Crippen LogP contribution in [0.4, 0.5) is 11.4 Å². The van der Waals surface area contributed by atoms with Crippen molar-refractivity contribution in [3.8, 4) is 0 Å². The summed E-state index contributed by atoms with van der Waals surface area (Å²) in [4.78, 5) is 4.30. The van der Waals surface area contributed by atoms with Gasteiger partial charge in [-0.25, -0.2) is 16.8 Å². The maximum absolute atomic E-state index is 12.6. The average Bonchev–Trinajstić information content (AvgIpc) is 2.96. The zero-order chi connectivity index (χ0) is 29.3. The molecule has 0 bridgehead atoms. The van der Waals surface area contributed by atoms with Crippen molar-refractivity contribution in [3.05, 3.63) is 159 Å². The molecule has 0 saturated heterocycles. The summed E-state index contributed by atoms with van der Waals surface area (Å²) in [6.07, 6.45) is 2.68. The number of aryl methyl sites for hydroxylation is 2. The summed E-state index contributed by atoms with van der Waals surface area (Å²) < 4.78 is 57.9. The van der Waals surface area contributed by atoms with E-state index in [0.717, 1.165) is 23.2 Å². The van der Waals surface area contributed by atoms with Gasteiger partial charge in [0.2, 0.25) is 0 Å². The molecule has 0 aliphatic heterocycles. The number of pyridine rings is 1. The van der Waals surface area contributed by atoms with Crippen molar-refractivity contribution in [2.24, 2.45) is 0 Å². The van der Waals surface area contributed by atoms with Gasteiger partial charge in [-0.05, 0) is 56.7 Å². The third kappa shape index (κ3) is 9.40. The molecule has 10 heteroatoms. The Kier molecular flexibility index (Phi) is 11.7. The minimum Gasteiger partial charge on any atom is -0.574 e. The number of rotatable bonds is 8. The fourth-order valence-electron chi connectivity index (χ4n) is 3.64. The number of aromatic nitrogens is 1. The Hall–Kier alpha value is -3.73. The SMILES string of the molecule is Cc1ccc(S(=O)(=O)[N-]c2ccccc2[N-]S(=O)(=O)c2ccc(C)cc2)cc1.[Au+3].[c-]1ccccc1Cc1ccccn1. The average molecular weight is 780 g/mol. The Balaban J connectivity index is 0.000000289. The molecule has 0 aliphatic carbocycles. The molecule has 0 unspecified atom stereocenters. The van der Waals surface area contributed by atoms with Crippen LogP contribution in [0.25, 0.3) is 9.44 Å². The van der Waals surface area contributed by atoms with Crippen molar-refractivity contribution in [2.45, 2.75) is 30.1 Å². The Labute approximate surface area is 263 Å². The molecule has 5 aromatic rings. The topological polar surface area (TPSA) is 109 Å². The molecule has 0 N–H and O–H groups in total. The van der Waals surface area contributed by atoms with Crippen molar-refractivity contribution in [3.63, 3.8) is 0 Å². The molecule has 0 saturated carbocycles. The van der Waals surface area contributed by atoms with E-state index in [9.17, 15) is 16.8 Å². The molecule has 42 heavy (non-hydrogen) atoms. The summed E-state index contributed by atoms with van der Waals surface area (Å²) in [5, 5.41) is 0. The maximum Gasteiger partial charge on any atom is 3.00 e. The van der Waals surface area contributed by atoms with Crippen LogP contribution in [0.2, 0.25) is 0 Å². The second-order valence-corrected chi connectivity index (χ2v) is 12.3. The number of benzene rings is 4. The number of hydrogen-bond donors (Lipinski definition) is 0. The van der Waals surface area contributed by atoms with Gasteiger partial charge in [0.15, 0.2) is 0 Å². The number of sulfonamides is 2. The molecule has 5 rings (SSSR count). The first-order valence-electron chi connectivity index (χ1n) is 12.7. The molecule has 0 atom stereocenters. The Morgan fingerprint density at radius 3 is 1.52 bits per heavy atom. The third-order valence-corrected chi connectivity index (χ3v) is 8.44. The van der Waals surface area contributed by atoms with E-state index < -0.39 is 20.0 Å². The molecule has 0 amide bonds. The van der Waals surface area contributed by atoms with Gasteiger partial charge in [0.1, 0.15) is 20.0 Å². The molecule has 0 aliphatic rings. The van der Waals surface area contributed by atoms with Crippen molar-refractivity contribution < 1.29 is 39.2 Å². The molecular weight excluding hydrogens is 751 g/mol. The van der Waals surface area contributed by atoms with Crippen LogP contribution in [0.1, 0.15) is 22.4 Å². The van der Waals surface area contributed by atoms with E-state index in [1.165, 1.54) is 42.0 Å². The van der Waals surface area contributed by atoms with E-state index in [1.54, 1.807) is 36.4 Å². The zero-order valence-corrected chi connectivity index (χ0v) is 26.6. The van der Waals surface area contributed by atoms with Gasteiger partial charge in [0.25, 0.3) is 0 Å². The zero-order valence-electron chi connectivity index (χ0n) is 22.8. The number of hydrogen-bond acceptors (Lipinski definition) is 5. The van der Waals surface area contributed by atoms with Gasteiger partial charge in [-0.2, -0.15) is 35.9 Å². The van der Waals surface area contributed by atoms with Crippen molar-refractivity contribution in [2.75, 3.05) is 0 Å². The van der Waals surface area contributed by atoms with Crippen LogP contribution in [-0.4, -0.2) is 21.8 Å². The van der Waals surface area contributed by atoms with E-state index in [4.69, 9.17) is 0 Å². The van der Waals surface area contributed by atoms with Gasteiger partial charge in [-0.1, -0.05) is 65.7 Å². The predicted molar refractivity (Wildman–Crippen MR) is 162 cm³/mol. The Morgan fingerprint density at radius 2 is 1.10 bits per heavy atom. The Morgan fingerprint density at radius 1 is 0.619 bits per heavy atom. The first-order valence-corrected chi connectivity index (χ1v) is 15.5. The van der Waals surface area contributed by atoms with Crippen molar-refractivity contribution in [1.82, 2.24) is 4.98 Å². The summed E-state index contributed by atoms with van der Waals surface area (Å²) in [6.45, 7) is 3.69. The van der Waals surface area contributed by atoms with E-state index in [2.05, 4.69) is 26.6 Å². The molecule has 7 nitrogen and oxygen atoms in total. The molecule has 4 aromatic carbocycles. The number of nitrogens with zero attached hydrogens (tertiary/aromatic N) is 3. The van der Waals surface area contributed by atoms with Gasteiger partial charge in [0, 0.05) is 11.9 Å². The van der Waals surface area contributed by atoms with Crippen LogP contribution in [0.5, 0.6) is 0 Å². The van der Waals surface area contributed by atoms with Crippen LogP contribution in [-0.2, 0) is 48.8 Å².